The lowest BCUT2D eigenvalue weighted by molar-refractivity contribution is 0.669. The van der Waals surface area contributed by atoms with E-state index in [9.17, 15) is 0 Å². The van der Waals surface area contributed by atoms with Crippen LogP contribution in [0.15, 0.2) is 203 Å². The molecule has 13 aromatic rings. The molecule has 0 radical (unpaired) electrons. The molecule has 0 aliphatic rings. The molecule has 0 saturated heterocycles. The van der Waals surface area contributed by atoms with Gasteiger partial charge in [0, 0.05) is 66.6 Å². The summed E-state index contributed by atoms with van der Waals surface area (Å²) in [5, 5.41) is 9.39. The van der Waals surface area contributed by atoms with Crippen LogP contribution in [0.2, 0.25) is 0 Å². The molecule has 270 valence electrons. The Morgan fingerprint density at radius 3 is 1.33 bits per heavy atom. The Morgan fingerprint density at radius 2 is 0.672 bits per heavy atom. The second-order valence-electron chi connectivity index (χ2n) is 15.3. The van der Waals surface area contributed by atoms with E-state index in [2.05, 4.69) is 191 Å². The van der Waals surface area contributed by atoms with Gasteiger partial charge >= 0.3 is 0 Å². The molecule has 0 N–H and O–H groups in total. The van der Waals surface area contributed by atoms with Gasteiger partial charge in [-0.25, -0.2) is 0 Å². The molecular weight excluding hydrogens is 709 g/mol. The maximum absolute atomic E-state index is 6.53. The van der Waals surface area contributed by atoms with E-state index in [-0.39, 0.29) is 0 Å². The number of para-hydroxylation sites is 4. The van der Waals surface area contributed by atoms with Crippen molar-refractivity contribution in [3.63, 3.8) is 0 Å². The number of hydrogen-bond acceptors (Lipinski definition) is 2. The van der Waals surface area contributed by atoms with E-state index in [0.717, 1.165) is 77.4 Å². The molecule has 4 heteroatoms. The maximum Gasteiger partial charge on any atom is 0.137 e. The van der Waals surface area contributed by atoms with Crippen LogP contribution in [0.5, 0.6) is 0 Å². The lowest BCUT2D eigenvalue weighted by atomic mass is 9.98. The smallest absolute Gasteiger partial charge is 0.137 e. The van der Waals surface area contributed by atoms with Crippen LogP contribution >= 0.6 is 0 Å². The third-order valence-electron chi connectivity index (χ3n) is 12.1. The quantitative estimate of drug-likeness (QED) is 0.180. The van der Waals surface area contributed by atoms with Crippen LogP contribution in [0.4, 0.5) is 0 Å². The van der Waals surface area contributed by atoms with E-state index in [4.69, 9.17) is 8.83 Å². The van der Waals surface area contributed by atoms with Crippen molar-refractivity contribution in [3.8, 4) is 33.6 Å². The van der Waals surface area contributed by atoms with Crippen molar-refractivity contribution in [2.75, 3.05) is 0 Å². The summed E-state index contributed by atoms with van der Waals surface area (Å²) in [5.41, 5.74) is 15.1. The molecule has 4 nitrogen and oxygen atoms in total. The van der Waals surface area contributed by atoms with E-state index < -0.39 is 0 Å². The molecule has 0 fully saturated rings. The normalized spacial score (nSPS) is 12.1. The lowest BCUT2D eigenvalue weighted by Gasteiger charge is -2.09. The van der Waals surface area contributed by atoms with Gasteiger partial charge < -0.3 is 18.0 Å². The molecule has 0 aliphatic heterocycles. The molecule has 58 heavy (non-hydrogen) atoms. The third-order valence-corrected chi connectivity index (χ3v) is 12.1. The SMILES string of the molecule is c1ccc(-n2c3ccccc3c3cc4c(cc32)oc2ccc(-c3ccc(-c5ccc6c(c5)c5cc7c(cc5n6-c5ccccc5)oc5ccccc57)cc3)cc24)cc1. The van der Waals surface area contributed by atoms with Crippen LogP contribution in [0, 0.1) is 0 Å². The number of rotatable bonds is 4. The van der Waals surface area contributed by atoms with Crippen molar-refractivity contribution in [2.24, 2.45) is 0 Å². The molecule has 0 aliphatic carbocycles. The second-order valence-corrected chi connectivity index (χ2v) is 15.3. The number of nitrogens with zero attached hydrogens (tertiary/aromatic N) is 2. The van der Waals surface area contributed by atoms with Crippen molar-refractivity contribution in [1.82, 2.24) is 9.13 Å². The van der Waals surface area contributed by atoms with Gasteiger partial charge in [0.25, 0.3) is 0 Å². The van der Waals surface area contributed by atoms with Crippen LogP contribution in [-0.4, -0.2) is 9.13 Å². The van der Waals surface area contributed by atoms with E-state index in [1.165, 1.54) is 43.7 Å². The van der Waals surface area contributed by atoms with Crippen LogP contribution < -0.4 is 0 Å². The number of fused-ring (bicyclic) bond motifs is 12. The summed E-state index contributed by atoms with van der Waals surface area (Å²) in [7, 11) is 0. The standard InChI is InChI=1S/C54H32N2O2/c1-3-11-37(12-4-1)55-47-17-9-7-15-39(47)42-29-46-44-28-36(24-26-52(44)58-54(46)31-49(42)55)34-21-19-33(20-22-34)35-23-25-48-41(27-35)43-30-45-40-16-8-10-18-51(40)57-53(45)32-50(43)56(48)38-13-5-2-6-14-38/h1-32H. The summed E-state index contributed by atoms with van der Waals surface area (Å²) in [5.74, 6) is 0. The van der Waals surface area contributed by atoms with Crippen molar-refractivity contribution in [1.29, 1.82) is 0 Å². The first-order valence-corrected chi connectivity index (χ1v) is 19.7. The fourth-order valence-corrected chi connectivity index (χ4v) is 9.40. The highest BCUT2D eigenvalue weighted by molar-refractivity contribution is 6.19. The molecular formula is C54H32N2O2. The van der Waals surface area contributed by atoms with Gasteiger partial charge in [-0.2, -0.15) is 0 Å². The third kappa shape index (κ3) is 4.51. The van der Waals surface area contributed by atoms with E-state index in [1.54, 1.807) is 0 Å². The summed E-state index contributed by atoms with van der Waals surface area (Å²) in [4.78, 5) is 0. The van der Waals surface area contributed by atoms with Crippen LogP contribution in [0.3, 0.4) is 0 Å². The average molecular weight is 741 g/mol. The summed E-state index contributed by atoms with van der Waals surface area (Å²) >= 11 is 0. The zero-order chi connectivity index (χ0) is 37.9. The summed E-state index contributed by atoms with van der Waals surface area (Å²) in [6.07, 6.45) is 0. The summed E-state index contributed by atoms with van der Waals surface area (Å²) in [6.45, 7) is 0. The number of aromatic nitrogens is 2. The molecule has 9 aromatic carbocycles. The van der Waals surface area contributed by atoms with Gasteiger partial charge in [-0.3, -0.25) is 0 Å². The zero-order valence-electron chi connectivity index (χ0n) is 31.2. The Morgan fingerprint density at radius 1 is 0.241 bits per heavy atom. The van der Waals surface area contributed by atoms with Crippen molar-refractivity contribution < 1.29 is 8.83 Å². The highest BCUT2D eigenvalue weighted by Gasteiger charge is 2.19. The molecule has 4 heterocycles. The molecule has 13 rings (SSSR count). The van der Waals surface area contributed by atoms with E-state index in [1.807, 2.05) is 12.1 Å². The summed E-state index contributed by atoms with van der Waals surface area (Å²) < 4.78 is 17.6. The van der Waals surface area contributed by atoms with Crippen LogP contribution in [0.25, 0.3) is 121 Å². The van der Waals surface area contributed by atoms with Gasteiger partial charge in [0.1, 0.15) is 22.3 Å². The van der Waals surface area contributed by atoms with Gasteiger partial charge in [-0.05, 0) is 95.1 Å². The van der Waals surface area contributed by atoms with E-state index >= 15 is 0 Å². The first kappa shape index (κ1) is 31.4. The Bertz CT molecular complexity index is 3770. The average Bonchev–Trinajstić information content (AvgIpc) is 4.02. The molecule has 0 unspecified atom stereocenters. The lowest BCUT2D eigenvalue weighted by Crippen LogP contribution is -1.93. The van der Waals surface area contributed by atoms with Crippen molar-refractivity contribution in [3.05, 3.63) is 194 Å². The summed E-state index contributed by atoms with van der Waals surface area (Å²) in [6, 6.07) is 69.6. The highest BCUT2D eigenvalue weighted by Crippen LogP contribution is 2.42. The van der Waals surface area contributed by atoms with Gasteiger partial charge in [-0.15, -0.1) is 0 Å². The minimum Gasteiger partial charge on any atom is -0.456 e. The molecule has 0 spiro atoms. The number of benzene rings is 9. The minimum atomic E-state index is 0.890. The first-order valence-electron chi connectivity index (χ1n) is 19.7. The number of furan rings is 2. The fraction of sp³-hybridized carbons (Fsp3) is 0. The van der Waals surface area contributed by atoms with Gasteiger partial charge in [0.2, 0.25) is 0 Å². The van der Waals surface area contributed by atoms with Gasteiger partial charge in [-0.1, -0.05) is 109 Å². The van der Waals surface area contributed by atoms with Gasteiger partial charge in [0.05, 0.1) is 22.1 Å². The Labute approximate surface area is 332 Å². The molecule has 0 bridgehead atoms. The van der Waals surface area contributed by atoms with Crippen LogP contribution in [-0.2, 0) is 0 Å². The largest absolute Gasteiger partial charge is 0.456 e. The predicted molar refractivity (Wildman–Crippen MR) is 241 cm³/mol. The van der Waals surface area contributed by atoms with Crippen molar-refractivity contribution in [2.45, 2.75) is 0 Å². The van der Waals surface area contributed by atoms with Gasteiger partial charge in [0.15, 0.2) is 0 Å². The van der Waals surface area contributed by atoms with E-state index in [0.29, 0.717) is 0 Å². The Kier molecular flexibility index (Phi) is 6.41. The second kappa shape index (κ2) is 11.8. The minimum absolute atomic E-state index is 0.890. The van der Waals surface area contributed by atoms with Crippen LogP contribution in [0.1, 0.15) is 0 Å². The first-order chi connectivity index (χ1) is 28.7. The number of hydrogen-bond donors (Lipinski definition) is 0. The highest BCUT2D eigenvalue weighted by atomic mass is 16.3. The maximum atomic E-state index is 6.53. The topological polar surface area (TPSA) is 36.1 Å². The Balaban J connectivity index is 0.920. The molecule has 0 saturated carbocycles. The Hall–Kier alpha value is -7.82. The fourth-order valence-electron chi connectivity index (χ4n) is 9.40. The molecule has 0 amide bonds. The predicted octanol–water partition coefficient (Wildman–Crippen LogP) is 15.0. The molecule has 4 aromatic heterocycles. The monoisotopic (exact) mass is 740 g/mol. The molecule has 0 atom stereocenters. The zero-order valence-corrected chi connectivity index (χ0v) is 31.2. The van der Waals surface area contributed by atoms with Crippen molar-refractivity contribution >= 4 is 87.5 Å².